The van der Waals surface area contributed by atoms with Gasteiger partial charge >= 0.3 is 0 Å². The number of hydrogen-bond acceptors (Lipinski definition) is 3. The summed E-state index contributed by atoms with van der Waals surface area (Å²) in [4.78, 5) is 2.32. The quantitative estimate of drug-likeness (QED) is 0.695. The number of rotatable bonds is 8. The van der Waals surface area contributed by atoms with Gasteiger partial charge < -0.3 is 10.8 Å². The SMILES string of the molecule is Cc1ccccc1C(CN)N(C)CCCCCO. The van der Waals surface area contributed by atoms with Crippen molar-refractivity contribution < 1.29 is 5.11 Å². The van der Waals surface area contributed by atoms with Gasteiger partial charge in [0.1, 0.15) is 0 Å². The van der Waals surface area contributed by atoms with E-state index in [0.29, 0.717) is 19.2 Å². The van der Waals surface area contributed by atoms with E-state index in [1.165, 1.54) is 11.1 Å². The zero-order chi connectivity index (χ0) is 13.4. The molecular weight excluding hydrogens is 224 g/mol. The van der Waals surface area contributed by atoms with Crippen molar-refractivity contribution in [3.05, 3.63) is 35.4 Å². The van der Waals surface area contributed by atoms with Crippen LogP contribution >= 0.6 is 0 Å². The molecular formula is C15H26N2O. The van der Waals surface area contributed by atoms with Crippen LogP contribution in [0, 0.1) is 6.92 Å². The summed E-state index contributed by atoms with van der Waals surface area (Å²) >= 11 is 0. The summed E-state index contributed by atoms with van der Waals surface area (Å²) in [7, 11) is 2.13. The molecule has 0 aliphatic heterocycles. The Hall–Kier alpha value is -0.900. The number of aliphatic hydroxyl groups excluding tert-OH is 1. The number of aryl methyl sites for hydroxylation is 1. The lowest BCUT2D eigenvalue weighted by Gasteiger charge is -2.28. The number of unbranched alkanes of at least 4 members (excludes halogenated alkanes) is 2. The fourth-order valence-corrected chi connectivity index (χ4v) is 2.31. The van der Waals surface area contributed by atoms with Crippen LogP contribution in [0.2, 0.25) is 0 Å². The second-order valence-electron chi connectivity index (χ2n) is 4.87. The summed E-state index contributed by atoms with van der Waals surface area (Å²) in [5.74, 6) is 0. The number of likely N-dealkylation sites (N-methyl/N-ethyl adjacent to an activating group) is 1. The molecule has 3 N–H and O–H groups in total. The lowest BCUT2D eigenvalue weighted by Crippen LogP contribution is -2.31. The largest absolute Gasteiger partial charge is 0.396 e. The van der Waals surface area contributed by atoms with Crippen molar-refractivity contribution in [2.45, 2.75) is 32.2 Å². The van der Waals surface area contributed by atoms with Crippen LogP contribution in [-0.4, -0.2) is 36.8 Å². The number of nitrogens with two attached hydrogens (primary N) is 1. The van der Waals surface area contributed by atoms with Gasteiger partial charge in [-0.1, -0.05) is 24.3 Å². The molecule has 102 valence electrons. The van der Waals surface area contributed by atoms with Crippen molar-refractivity contribution in [1.29, 1.82) is 0 Å². The summed E-state index contributed by atoms with van der Waals surface area (Å²) in [6.07, 6.45) is 3.08. The van der Waals surface area contributed by atoms with E-state index < -0.39 is 0 Å². The molecule has 0 fully saturated rings. The Bertz CT molecular complexity index is 341. The van der Waals surface area contributed by atoms with Crippen molar-refractivity contribution in [2.75, 3.05) is 26.7 Å². The zero-order valence-electron chi connectivity index (χ0n) is 11.6. The third-order valence-corrected chi connectivity index (χ3v) is 3.47. The molecule has 0 aliphatic carbocycles. The smallest absolute Gasteiger partial charge is 0.0470 e. The van der Waals surface area contributed by atoms with Gasteiger partial charge in [-0.25, -0.2) is 0 Å². The highest BCUT2D eigenvalue weighted by atomic mass is 16.2. The Morgan fingerprint density at radius 3 is 2.56 bits per heavy atom. The molecule has 0 bridgehead atoms. The first-order chi connectivity index (χ1) is 8.70. The van der Waals surface area contributed by atoms with Crippen molar-refractivity contribution in [1.82, 2.24) is 4.90 Å². The predicted molar refractivity (Wildman–Crippen MR) is 76.5 cm³/mol. The molecule has 0 amide bonds. The summed E-state index contributed by atoms with van der Waals surface area (Å²) in [5, 5.41) is 8.77. The predicted octanol–water partition coefficient (Wildman–Crippen LogP) is 2.09. The second kappa shape index (κ2) is 8.25. The van der Waals surface area contributed by atoms with Gasteiger partial charge in [0.15, 0.2) is 0 Å². The Labute approximate surface area is 111 Å². The molecule has 0 saturated carbocycles. The average Bonchev–Trinajstić information content (AvgIpc) is 2.38. The fourth-order valence-electron chi connectivity index (χ4n) is 2.31. The van der Waals surface area contributed by atoms with Crippen LogP contribution in [-0.2, 0) is 0 Å². The average molecular weight is 250 g/mol. The number of aliphatic hydroxyl groups is 1. The van der Waals surface area contributed by atoms with E-state index in [4.69, 9.17) is 10.8 Å². The molecule has 1 unspecified atom stereocenters. The summed E-state index contributed by atoms with van der Waals surface area (Å²) in [5.41, 5.74) is 8.55. The Morgan fingerprint density at radius 1 is 1.22 bits per heavy atom. The molecule has 0 aliphatic rings. The van der Waals surface area contributed by atoms with Gasteiger partial charge in [-0.2, -0.15) is 0 Å². The van der Waals surface area contributed by atoms with Crippen molar-refractivity contribution in [3.8, 4) is 0 Å². The van der Waals surface area contributed by atoms with Gasteiger partial charge in [0.2, 0.25) is 0 Å². The molecule has 3 heteroatoms. The van der Waals surface area contributed by atoms with E-state index in [1.54, 1.807) is 0 Å². The van der Waals surface area contributed by atoms with Crippen molar-refractivity contribution in [2.24, 2.45) is 5.73 Å². The molecule has 0 spiro atoms. The van der Waals surface area contributed by atoms with Crippen molar-refractivity contribution in [3.63, 3.8) is 0 Å². The van der Waals surface area contributed by atoms with Crippen LogP contribution in [0.4, 0.5) is 0 Å². The first-order valence-electron chi connectivity index (χ1n) is 6.77. The van der Waals surface area contributed by atoms with Crippen LogP contribution in [0.3, 0.4) is 0 Å². The molecule has 0 radical (unpaired) electrons. The monoisotopic (exact) mass is 250 g/mol. The van der Waals surface area contributed by atoms with E-state index in [1.807, 2.05) is 0 Å². The Morgan fingerprint density at radius 2 is 1.94 bits per heavy atom. The van der Waals surface area contributed by atoms with Gasteiger partial charge in [-0.05, 0) is 50.9 Å². The summed E-state index contributed by atoms with van der Waals surface area (Å²) < 4.78 is 0. The van der Waals surface area contributed by atoms with E-state index >= 15 is 0 Å². The van der Waals surface area contributed by atoms with E-state index in [9.17, 15) is 0 Å². The number of nitrogens with zero attached hydrogens (tertiary/aromatic N) is 1. The van der Waals surface area contributed by atoms with Gasteiger partial charge in [0.05, 0.1) is 0 Å². The van der Waals surface area contributed by atoms with Crippen LogP contribution < -0.4 is 5.73 Å². The highest BCUT2D eigenvalue weighted by Gasteiger charge is 2.16. The zero-order valence-corrected chi connectivity index (χ0v) is 11.6. The van der Waals surface area contributed by atoms with Crippen molar-refractivity contribution >= 4 is 0 Å². The van der Waals surface area contributed by atoms with E-state index in [-0.39, 0.29) is 0 Å². The Kier molecular flexibility index (Phi) is 6.94. The third kappa shape index (κ3) is 4.41. The molecule has 1 rings (SSSR count). The number of benzene rings is 1. The maximum absolute atomic E-state index is 8.77. The van der Waals surface area contributed by atoms with Crippen LogP contribution in [0.25, 0.3) is 0 Å². The first kappa shape index (κ1) is 15.2. The van der Waals surface area contributed by atoms with Crippen LogP contribution in [0.5, 0.6) is 0 Å². The standard InChI is InChI=1S/C15H26N2O/c1-13-8-4-5-9-14(13)15(12-16)17(2)10-6-3-7-11-18/h4-5,8-9,15,18H,3,6-7,10-12,16H2,1-2H3. The van der Waals surface area contributed by atoms with E-state index in [0.717, 1.165) is 25.8 Å². The summed E-state index contributed by atoms with van der Waals surface area (Å²) in [6.45, 7) is 4.09. The maximum atomic E-state index is 8.77. The highest BCUT2D eigenvalue weighted by Crippen LogP contribution is 2.21. The minimum Gasteiger partial charge on any atom is -0.396 e. The topological polar surface area (TPSA) is 49.5 Å². The second-order valence-corrected chi connectivity index (χ2v) is 4.87. The van der Waals surface area contributed by atoms with Crippen LogP contribution in [0.15, 0.2) is 24.3 Å². The number of hydrogen-bond donors (Lipinski definition) is 2. The molecule has 1 aromatic carbocycles. The first-order valence-corrected chi connectivity index (χ1v) is 6.77. The molecule has 1 aromatic rings. The van der Waals surface area contributed by atoms with Gasteiger partial charge in [0.25, 0.3) is 0 Å². The van der Waals surface area contributed by atoms with Gasteiger partial charge in [-0.3, -0.25) is 4.90 Å². The van der Waals surface area contributed by atoms with E-state index in [2.05, 4.69) is 43.1 Å². The minimum atomic E-state index is 0.292. The molecule has 0 aromatic heterocycles. The van der Waals surface area contributed by atoms with Gasteiger partial charge in [0, 0.05) is 19.2 Å². The normalized spacial score (nSPS) is 12.9. The maximum Gasteiger partial charge on any atom is 0.0470 e. The molecule has 0 saturated heterocycles. The van der Waals surface area contributed by atoms with Crippen LogP contribution in [0.1, 0.15) is 36.4 Å². The molecule has 0 heterocycles. The fraction of sp³-hybridized carbons (Fsp3) is 0.600. The van der Waals surface area contributed by atoms with Gasteiger partial charge in [-0.15, -0.1) is 0 Å². The molecule has 3 nitrogen and oxygen atoms in total. The minimum absolute atomic E-state index is 0.292. The highest BCUT2D eigenvalue weighted by molar-refractivity contribution is 5.29. The third-order valence-electron chi connectivity index (χ3n) is 3.47. The lowest BCUT2D eigenvalue weighted by atomic mass is 10.00. The Balaban J connectivity index is 2.57. The molecule has 1 atom stereocenters. The summed E-state index contributed by atoms with van der Waals surface area (Å²) in [6, 6.07) is 8.73. The molecule has 18 heavy (non-hydrogen) atoms. The lowest BCUT2D eigenvalue weighted by molar-refractivity contribution is 0.235.